The number of nitrogens with zero attached hydrogens (tertiary/aromatic N) is 1. The van der Waals surface area contributed by atoms with Crippen molar-refractivity contribution in [2.45, 2.75) is 65.1 Å². The lowest BCUT2D eigenvalue weighted by molar-refractivity contribution is -0.149. The van der Waals surface area contributed by atoms with Gasteiger partial charge in [0, 0.05) is 12.1 Å². The fourth-order valence-corrected chi connectivity index (χ4v) is 2.52. The number of likely N-dealkylation sites (tertiary alicyclic amines) is 1. The average Bonchev–Trinajstić information content (AvgIpc) is 2.25. The molecule has 5 nitrogen and oxygen atoms in total. The lowest BCUT2D eigenvalue weighted by Gasteiger charge is -2.42. The van der Waals surface area contributed by atoms with E-state index in [0.717, 1.165) is 12.8 Å². The highest BCUT2D eigenvalue weighted by Crippen LogP contribution is 2.30. The molecule has 1 saturated heterocycles. The summed E-state index contributed by atoms with van der Waals surface area (Å²) in [4.78, 5) is 25.6. The number of carbonyl (C=O) groups excluding carboxylic acids is 2. The summed E-state index contributed by atoms with van der Waals surface area (Å²) < 4.78 is 10.2. The lowest BCUT2D eigenvalue weighted by Crippen LogP contribution is -2.54. The molecule has 0 radical (unpaired) electrons. The maximum absolute atomic E-state index is 12.2. The standard InChI is InChI=1S/C14H25NO4/c1-9-7-8-11(12(16)18-6)10(2)15(9)13(17)19-14(3,4)5/h9-11H,7-8H2,1-6H3/t9-,10?,11-/m1/s1. The van der Waals surface area contributed by atoms with E-state index >= 15 is 0 Å². The van der Waals surface area contributed by atoms with Gasteiger partial charge >= 0.3 is 12.1 Å². The number of hydrogen-bond acceptors (Lipinski definition) is 4. The molecule has 0 aromatic rings. The fourth-order valence-electron chi connectivity index (χ4n) is 2.52. The van der Waals surface area contributed by atoms with Crippen molar-refractivity contribution in [3.63, 3.8) is 0 Å². The smallest absolute Gasteiger partial charge is 0.410 e. The monoisotopic (exact) mass is 271 g/mol. The SMILES string of the molecule is COC(=O)[C@@H]1CC[C@@H](C)N(C(=O)OC(C)(C)C)C1C. The fraction of sp³-hybridized carbons (Fsp3) is 0.857. The van der Waals surface area contributed by atoms with Crippen molar-refractivity contribution < 1.29 is 19.1 Å². The van der Waals surface area contributed by atoms with Crippen LogP contribution in [-0.2, 0) is 14.3 Å². The van der Waals surface area contributed by atoms with E-state index < -0.39 is 5.60 Å². The van der Waals surface area contributed by atoms with Crippen LogP contribution < -0.4 is 0 Å². The summed E-state index contributed by atoms with van der Waals surface area (Å²) in [7, 11) is 1.38. The molecule has 5 heteroatoms. The highest BCUT2D eigenvalue weighted by atomic mass is 16.6. The zero-order valence-corrected chi connectivity index (χ0v) is 12.7. The summed E-state index contributed by atoms with van der Waals surface area (Å²) in [5.74, 6) is -0.526. The average molecular weight is 271 g/mol. The van der Waals surface area contributed by atoms with Crippen LogP contribution in [0.25, 0.3) is 0 Å². The van der Waals surface area contributed by atoms with E-state index in [9.17, 15) is 9.59 Å². The van der Waals surface area contributed by atoms with Crippen molar-refractivity contribution in [2.75, 3.05) is 7.11 Å². The van der Waals surface area contributed by atoms with Crippen molar-refractivity contribution >= 4 is 12.1 Å². The van der Waals surface area contributed by atoms with E-state index in [4.69, 9.17) is 9.47 Å². The second-order valence-electron chi connectivity index (χ2n) is 6.18. The Morgan fingerprint density at radius 2 is 1.74 bits per heavy atom. The summed E-state index contributed by atoms with van der Waals surface area (Å²) in [6.45, 7) is 9.36. The van der Waals surface area contributed by atoms with Gasteiger partial charge < -0.3 is 14.4 Å². The quantitative estimate of drug-likeness (QED) is 0.688. The van der Waals surface area contributed by atoms with Gasteiger partial charge in [-0.3, -0.25) is 4.79 Å². The van der Waals surface area contributed by atoms with Crippen LogP contribution in [-0.4, -0.2) is 41.8 Å². The third-order valence-electron chi connectivity index (χ3n) is 3.50. The number of amides is 1. The molecule has 1 aliphatic heterocycles. The predicted molar refractivity (Wildman–Crippen MR) is 71.7 cm³/mol. The first-order chi connectivity index (χ1) is 8.67. The van der Waals surface area contributed by atoms with Crippen LogP contribution in [0.15, 0.2) is 0 Å². The number of ether oxygens (including phenoxy) is 2. The molecule has 0 bridgehead atoms. The Hall–Kier alpha value is -1.26. The third kappa shape index (κ3) is 3.85. The van der Waals surface area contributed by atoms with Crippen molar-refractivity contribution in [1.82, 2.24) is 4.90 Å². The molecule has 0 N–H and O–H groups in total. The summed E-state index contributed by atoms with van der Waals surface area (Å²) in [5.41, 5.74) is -0.533. The Morgan fingerprint density at radius 1 is 1.16 bits per heavy atom. The first-order valence-corrected chi connectivity index (χ1v) is 6.76. The van der Waals surface area contributed by atoms with E-state index in [1.54, 1.807) is 4.90 Å². The minimum Gasteiger partial charge on any atom is -0.469 e. The molecule has 19 heavy (non-hydrogen) atoms. The molecule has 1 unspecified atom stereocenters. The maximum atomic E-state index is 12.2. The second kappa shape index (κ2) is 5.80. The van der Waals surface area contributed by atoms with Gasteiger partial charge in [-0.1, -0.05) is 0 Å². The molecule has 0 saturated carbocycles. The number of piperidine rings is 1. The van der Waals surface area contributed by atoms with E-state index in [-0.39, 0.29) is 30.1 Å². The Kier molecular flexibility index (Phi) is 4.82. The molecule has 0 spiro atoms. The van der Waals surface area contributed by atoms with Gasteiger partial charge in [-0.15, -0.1) is 0 Å². The summed E-state index contributed by atoms with van der Waals surface area (Å²) in [6, 6.07) is -0.128. The Morgan fingerprint density at radius 3 is 2.21 bits per heavy atom. The Balaban J connectivity index is 2.84. The zero-order chi connectivity index (χ0) is 14.8. The van der Waals surface area contributed by atoms with Crippen molar-refractivity contribution in [2.24, 2.45) is 5.92 Å². The van der Waals surface area contributed by atoms with Gasteiger partial charge in [0.1, 0.15) is 5.60 Å². The van der Waals surface area contributed by atoms with Crippen LogP contribution in [0.3, 0.4) is 0 Å². The Labute approximate surface area is 115 Å². The zero-order valence-electron chi connectivity index (χ0n) is 12.7. The van der Waals surface area contributed by atoms with Gasteiger partial charge in [0.15, 0.2) is 0 Å². The van der Waals surface area contributed by atoms with Crippen LogP contribution in [0.5, 0.6) is 0 Å². The topological polar surface area (TPSA) is 55.8 Å². The molecular weight excluding hydrogens is 246 g/mol. The molecule has 0 aromatic heterocycles. The van der Waals surface area contributed by atoms with Crippen LogP contribution in [0.1, 0.15) is 47.5 Å². The van der Waals surface area contributed by atoms with Crippen molar-refractivity contribution in [3.05, 3.63) is 0 Å². The maximum Gasteiger partial charge on any atom is 0.410 e. The molecule has 0 aliphatic carbocycles. The van der Waals surface area contributed by atoms with Crippen LogP contribution in [0.4, 0.5) is 4.79 Å². The predicted octanol–water partition coefficient (Wildman–Crippen LogP) is 2.58. The number of esters is 1. The molecule has 1 fully saturated rings. The molecule has 1 aliphatic rings. The van der Waals surface area contributed by atoms with Gasteiger partial charge in [-0.25, -0.2) is 4.79 Å². The largest absolute Gasteiger partial charge is 0.469 e. The molecular formula is C14H25NO4. The van der Waals surface area contributed by atoms with Crippen LogP contribution in [0, 0.1) is 5.92 Å². The van der Waals surface area contributed by atoms with Crippen molar-refractivity contribution in [3.8, 4) is 0 Å². The number of carbonyl (C=O) groups is 2. The first kappa shape index (κ1) is 15.8. The van der Waals surface area contributed by atoms with Gasteiger partial charge in [0.2, 0.25) is 0 Å². The molecule has 3 atom stereocenters. The Bertz CT molecular complexity index is 348. The third-order valence-corrected chi connectivity index (χ3v) is 3.50. The van der Waals surface area contributed by atoms with E-state index in [1.807, 2.05) is 34.6 Å². The van der Waals surface area contributed by atoms with Crippen molar-refractivity contribution in [1.29, 1.82) is 0 Å². The van der Waals surface area contributed by atoms with E-state index in [1.165, 1.54) is 7.11 Å². The summed E-state index contributed by atoms with van der Waals surface area (Å²) in [6.07, 6.45) is 1.17. The molecule has 110 valence electrons. The summed E-state index contributed by atoms with van der Waals surface area (Å²) in [5, 5.41) is 0. The highest BCUT2D eigenvalue weighted by Gasteiger charge is 2.41. The van der Waals surface area contributed by atoms with Gasteiger partial charge in [0.25, 0.3) is 0 Å². The van der Waals surface area contributed by atoms with Gasteiger partial charge in [-0.2, -0.15) is 0 Å². The van der Waals surface area contributed by atoms with E-state index in [2.05, 4.69) is 0 Å². The molecule has 1 rings (SSSR count). The minimum absolute atomic E-state index is 0.0748. The second-order valence-corrected chi connectivity index (χ2v) is 6.18. The lowest BCUT2D eigenvalue weighted by atomic mass is 9.87. The van der Waals surface area contributed by atoms with Gasteiger partial charge in [-0.05, 0) is 47.5 Å². The molecule has 1 heterocycles. The van der Waals surface area contributed by atoms with Crippen LogP contribution in [0.2, 0.25) is 0 Å². The minimum atomic E-state index is -0.533. The normalized spacial score (nSPS) is 27.9. The highest BCUT2D eigenvalue weighted by molar-refractivity contribution is 5.76. The first-order valence-electron chi connectivity index (χ1n) is 6.76. The van der Waals surface area contributed by atoms with Crippen LogP contribution >= 0.6 is 0 Å². The molecule has 0 aromatic carbocycles. The number of rotatable bonds is 1. The molecule has 1 amide bonds. The number of hydrogen-bond donors (Lipinski definition) is 0. The van der Waals surface area contributed by atoms with E-state index in [0.29, 0.717) is 0 Å². The summed E-state index contributed by atoms with van der Waals surface area (Å²) >= 11 is 0. The number of methoxy groups -OCH3 is 1. The van der Waals surface area contributed by atoms with Gasteiger partial charge in [0.05, 0.1) is 13.0 Å².